The summed E-state index contributed by atoms with van der Waals surface area (Å²) in [6.45, 7) is 6.50. The summed E-state index contributed by atoms with van der Waals surface area (Å²) < 4.78 is 20.5. The fraction of sp³-hybridized carbons (Fsp3) is 0.400. The number of ether oxygens (including phenoxy) is 1. The highest BCUT2D eigenvalue weighted by molar-refractivity contribution is 5.58. The average molecular weight is 277 g/mol. The molecule has 2 aromatic rings. The van der Waals surface area contributed by atoms with Crippen LogP contribution in [0, 0.1) is 19.7 Å². The SMILES string of the molecule is COCC(C)n1cc(C)nc1Nc1cc(F)ccc1C. The number of aromatic nitrogens is 2. The first-order valence-corrected chi connectivity index (χ1v) is 6.59. The van der Waals surface area contributed by atoms with E-state index in [1.165, 1.54) is 12.1 Å². The highest BCUT2D eigenvalue weighted by atomic mass is 19.1. The van der Waals surface area contributed by atoms with Gasteiger partial charge in [-0.3, -0.25) is 0 Å². The Labute approximate surface area is 118 Å². The van der Waals surface area contributed by atoms with Crippen LogP contribution in [0.15, 0.2) is 24.4 Å². The molecule has 5 heteroatoms. The van der Waals surface area contributed by atoms with Crippen molar-refractivity contribution in [2.45, 2.75) is 26.8 Å². The predicted molar refractivity (Wildman–Crippen MR) is 78.0 cm³/mol. The number of benzene rings is 1. The molecule has 1 unspecified atom stereocenters. The number of rotatable bonds is 5. The van der Waals surface area contributed by atoms with Crippen LogP contribution in [0.1, 0.15) is 24.2 Å². The summed E-state index contributed by atoms with van der Waals surface area (Å²) in [5.74, 6) is 0.429. The number of methoxy groups -OCH3 is 1. The fourth-order valence-electron chi connectivity index (χ4n) is 2.12. The van der Waals surface area contributed by atoms with Gasteiger partial charge in [0.15, 0.2) is 0 Å². The second kappa shape index (κ2) is 6.05. The maximum absolute atomic E-state index is 13.3. The molecule has 0 aliphatic carbocycles. The lowest BCUT2D eigenvalue weighted by Crippen LogP contribution is -2.13. The summed E-state index contributed by atoms with van der Waals surface area (Å²) in [4.78, 5) is 4.45. The molecule has 0 aliphatic rings. The number of hydrogen-bond donors (Lipinski definition) is 1. The van der Waals surface area contributed by atoms with E-state index in [1.54, 1.807) is 13.2 Å². The molecule has 0 radical (unpaired) electrons. The van der Waals surface area contributed by atoms with Gasteiger partial charge in [-0.1, -0.05) is 6.07 Å². The fourth-order valence-corrected chi connectivity index (χ4v) is 2.12. The first-order valence-electron chi connectivity index (χ1n) is 6.59. The van der Waals surface area contributed by atoms with Gasteiger partial charge in [0.2, 0.25) is 5.95 Å². The summed E-state index contributed by atoms with van der Waals surface area (Å²) in [7, 11) is 1.67. The third-order valence-corrected chi connectivity index (χ3v) is 3.18. The van der Waals surface area contributed by atoms with Gasteiger partial charge < -0.3 is 14.6 Å². The van der Waals surface area contributed by atoms with Crippen LogP contribution in [-0.4, -0.2) is 23.3 Å². The van der Waals surface area contributed by atoms with Gasteiger partial charge in [-0.25, -0.2) is 9.37 Å². The second-order valence-electron chi connectivity index (χ2n) is 5.00. The second-order valence-corrected chi connectivity index (χ2v) is 5.00. The Kier molecular flexibility index (Phi) is 4.39. The minimum Gasteiger partial charge on any atom is -0.383 e. The van der Waals surface area contributed by atoms with Crippen LogP contribution >= 0.6 is 0 Å². The van der Waals surface area contributed by atoms with Crippen LogP contribution in [0.3, 0.4) is 0 Å². The molecular weight excluding hydrogens is 257 g/mol. The topological polar surface area (TPSA) is 39.1 Å². The highest BCUT2D eigenvalue weighted by Gasteiger charge is 2.13. The third kappa shape index (κ3) is 3.17. The summed E-state index contributed by atoms with van der Waals surface area (Å²) in [6.07, 6.45) is 1.96. The van der Waals surface area contributed by atoms with Gasteiger partial charge in [0.05, 0.1) is 18.3 Å². The van der Waals surface area contributed by atoms with Crippen molar-refractivity contribution >= 4 is 11.6 Å². The summed E-state index contributed by atoms with van der Waals surface area (Å²) >= 11 is 0. The zero-order valence-electron chi connectivity index (χ0n) is 12.3. The Bertz CT molecular complexity index is 595. The Morgan fingerprint density at radius 3 is 2.85 bits per heavy atom. The van der Waals surface area contributed by atoms with Crippen LogP contribution in [-0.2, 0) is 4.74 Å². The van der Waals surface area contributed by atoms with Gasteiger partial charge in [-0.2, -0.15) is 0 Å². The minimum atomic E-state index is -0.266. The molecular formula is C15H20FN3O. The van der Waals surface area contributed by atoms with E-state index in [4.69, 9.17) is 4.74 Å². The van der Waals surface area contributed by atoms with Gasteiger partial charge in [0, 0.05) is 19.0 Å². The number of hydrogen-bond acceptors (Lipinski definition) is 3. The van der Waals surface area contributed by atoms with Crippen molar-refractivity contribution < 1.29 is 9.13 Å². The van der Waals surface area contributed by atoms with Crippen molar-refractivity contribution in [2.24, 2.45) is 0 Å². The molecule has 1 aromatic heterocycles. The van der Waals surface area contributed by atoms with Crippen LogP contribution in [0.4, 0.5) is 16.0 Å². The molecule has 1 heterocycles. The van der Waals surface area contributed by atoms with E-state index in [9.17, 15) is 4.39 Å². The molecule has 0 aliphatic heterocycles. The maximum Gasteiger partial charge on any atom is 0.207 e. The first kappa shape index (κ1) is 14.5. The Morgan fingerprint density at radius 1 is 1.40 bits per heavy atom. The maximum atomic E-state index is 13.3. The van der Waals surface area contributed by atoms with Gasteiger partial charge in [-0.05, 0) is 38.5 Å². The lowest BCUT2D eigenvalue weighted by molar-refractivity contribution is 0.163. The molecule has 0 spiro atoms. The molecule has 1 atom stereocenters. The van der Waals surface area contributed by atoms with Crippen molar-refractivity contribution in [2.75, 3.05) is 19.0 Å². The van der Waals surface area contributed by atoms with E-state index in [0.29, 0.717) is 12.6 Å². The van der Waals surface area contributed by atoms with Gasteiger partial charge in [-0.15, -0.1) is 0 Å². The lowest BCUT2D eigenvalue weighted by atomic mass is 10.2. The van der Waals surface area contributed by atoms with Crippen LogP contribution in [0.5, 0.6) is 0 Å². The molecule has 0 saturated heterocycles. The number of nitrogens with one attached hydrogen (secondary N) is 1. The molecule has 0 bridgehead atoms. The quantitative estimate of drug-likeness (QED) is 0.907. The molecule has 2 rings (SSSR count). The van der Waals surface area contributed by atoms with E-state index in [-0.39, 0.29) is 11.9 Å². The first-order chi connectivity index (χ1) is 9.51. The minimum absolute atomic E-state index is 0.151. The normalized spacial score (nSPS) is 12.4. The monoisotopic (exact) mass is 277 g/mol. The average Bonchev–Trinajstić information content (AvgIpc) is 2.75. The van der Waals surface area contributed by atoms with E-state index in [2.05, 4.69) is 10.3 Å². The molecule has 0 fully saturated rings. The smallest absolute Gasteiger partial charge is 0.207 e. The molecule has 0 saturated carbocycles. The molecule has 1 N–H and O–H groups in total. The molecule has 108 valence electrons. The number of nitrogens with zero attached hydrogens (tertiary/aromatic N) is 2. The van der Waals surface area contributed by atoms with Gasteiger partial charge in [0.1, 0.15) is 5.82 Å². The lowest BCUT2D eigenvalue weighted by Gasteiger charge is -2.17. The van der Waals surface area contributed by atoms with E-state index >= 15 is 0 Å². The zero-order valence-corrected chi connectivity index (χ0v) is 12.3. The number of imidazole rings is 1. The number of halogens is 1. The standard InChI is InChI=1S/C15H20FN3O/c1-10-5-6-13(16)7-14(10)18-15-17-11(2)8-19(15)12(3)9-20-4/h5-8,12H,9H2,1-4H3,(H,17,18). The summed E-state index contributed by atoms with van der Waals surface area (Å²) in [5.41, 5.74) is 2.60. The molecule has 0 amide bonds. The van der Waals surface area contributed by atoms with E-state index < -0.39 is 0 Å². The van der Waals surface area contributed by atoms with Gasteiger partial charge >= 0.3 is 0 Å². The molecule has 20 heavy (non-hydrogen) atoms. The van der Waals surface area contributed by atoms with Gasteiger partial charge in [0.25, 0.3) is 0 Å². The van der Waals surface area contributed by atoms with Crippen LogP contribution in [0.2, 0.25) is 0 Å². The van der Waals surface area contributed by atoms with Crippen molar-refractivity contribution in [1.82, 2.24) is 9.55 Å². The number of aryl methyl sites for hydroxylation is 2. The van der Waals surface area contributed by atoms with Crippen LogP contribution < -0.4 is 5.32 Å². The van der Waals surface area contributed by atoms with Crippen LogP contribution in [0.25, 0.3) is 0 Å². The number of anilines is 2. The molecule has 4 nitrogen and oxygen atoms in total. The van der Waals surface area contributed by atoms with E-state index in [0.717, 1.165) is 16.9 Å². The predicted octanol–water partition coefficient (Wildman–Crippen LogP) is 3.59. The van der Waals surface area contributed by atoms with Crippen molar-refractivity contribution in [1.29, 1.82) is 0 Å². The zero-order chi connectivity index (χ0) is 14.7. The Morgan fingerprint density at radius 2 is 2.15 bits per heavy atom. The largest absolute Gasteiger partial charge is 0.383 e. The van der Waals surface area contributed by atoms with Crippen molar-refractivity contribution in [3.8, 4) is 0 Å². The summed E-state index contributed by atoms with van der Waals surface area (Å²) in [5, 5.41) is 3.20. The van der Waals surface area contributed by atoms with Crippen molar-refractivity contribution in [3.05, 3.63) is 41.5 Å². The summed E-state index contributed by atoms with van der Waals surface area (Å²) in [6, 6.07) is 4.82. The van der Waals surface area contributed by atoms with E-state index in [1.807, 2.05) is 31.5 Å². The Hall–Kier alpha value is -1.88. The third-order valence-electron chi connectivity index (χ3n) is 3.18. The van der Waals surface area contributed by atoms with Crippen molar-refractivity contribution in [3.63, 3.8) is 0 Å². The Balaban J connectivity index is 2.31. The highest BCUT2D eigenvalue weighted by Crippen LogP contribution is 2.23. The molecule has 1 aromatic carbocycles.